The number of aromatic nitrogens is 3. The second-order valence-electron chi connectivity index (χ2n) is 6.21. The largest absolute Gasteiger partial charge is 0.489 e. The highest BCUT2D eigenvalue weighted by molar-refractivity contribution is 5.95. The molecule has 0 aliphatic carbocycles. The summed E-state index contributed by atoms with van der Waals surface area (Å²) in [6, 6.07) is 14.8. The summed E-state index contributed by atoms with van der Waals surface area (Å²) in [5, 5.41) is 14.2. The van der Waals surface area contributed by atoms with Gasteiger partial charge in [0.1, 0.15) is 5.75 Å². The lowest BCUT2D eigenvalue weighted by molar-refractivity contribution is 0.101. The van der Waals surface area contributed by atoms with E-state index in [1.165, 1.54) is 13.1 Å². The summed E-state index contributed by atoms with van der Waals surface area (Å²) in [5.41, 5.74) is 2.11. The van der Waals surface area contributed by atoms with Gasteiger partial charge in [-0.1, -0.05) is 24.3 Å². The summed E-state index contributed by atoms with van der Waals surface area (Å²) < 4.78 is 5.81. The predicted octanol–water partition coefficient (Wildman–Crippen LogP) is 4.35. The van der Waals surface area contributed by atoms with Gasteiger partial charge in [0.15, 0.2) is 11.6 Å². The molecular formula is C20H21N5O2. The minimum Gasteiger partial charge on any atom is -0.489 e. The Bertz CT molecular complexity index is 943. The summed E-state index contributed by atoms with van der Waals surface area (Å²) in [7, 11) is 0. The molecule has 2 N–H and O–H groups in total. The van der Waals surface area contributed by atoms with Gasteiger partial charge in [-0.2, -0.15) is 10.1 Å². The van der Waals surface area contributed by atoms with Crippen LogP contribution in [0.2, 0.25) is 0 Å². The highest BCUT2D eigenvalue weighted by atomic mass is 16.5. The van der Waals surface area contributed by atoms with Crippen LogP contribution >= 0.6 is 0 Å². The molecule has 0 saturated heterocycles. The number of Topliss-reactive ketones (excluding diaryl/α,β-unsaturated/α-hetero) is 1. The van der Waals surface area contributed by atoms with Crippen molar-refractivity contribution in [2.24, 2.45) is 0 Å². The first-order chi connectivity index (χ1) is 13.0. The summed E-state index contributed by atoms with van der Waals surface area (Å²) >= 11 is 0. The van der Waals surface area contributed by atoms with Crippen LogP contribution in [-0.2, 0) is 0 Å². The molecule has 1 aromatic heterocycles. The molecule has 0 saturated carbocycles. The van der Waals surface area contributed by atoms with E-state index >= 15 is 0 Å². The van der Waals surface area contributed by atoms with Crippen molar-refractivity contribution in [3.05, 3.63) is 60.3 Å². The number of para-hydroxylation sites is 2. The van der Waals surface area contributed by atoms with E-state index in [0.29, 0.717) is 23.0 Å². The van der Waals surface area contributed by atoms with E-state index < -0.39 is 0 Å². The number of ketones is 1. The first kappa shape index (κ1) is 18.3. The lowest BCUT2D eigenvalue weighted by Crippen LogP contribution is -2.08. The molecule has 7 heteroatoms. The highest BCUT2D eigenvalue weighted by Crippen LogP contribution is 2.27. The zero-order valence-electron chi connectivity index (χ0n) is 15.4. The van der Waals surface area contributed by atoms with E-state index in [4.69, 9.17) is 4.74 Å². The normalized spacial score (nSPS) is 10.5. The zero-order valence-corrected chi connectivity index (χ0v) is 15.4. The van der Waals surface area contributed by atoms with Crippen LogP contribution in [0.15, 0.2) is 54.7 Å². The zero-order chi connectivity index (χ0) is 19.2. The third-order valence-corrected chi connectivity index (χ3v) is 3.60. The summed E-state index contributed by atoms with van der Waals surface area (Å²) in [5.74, 6) is 1.57. The maximum atomic E-state index is 11.5. The number of carbonyl (C=O) groups excluding carboxylic acids is 1. The number of nitrogens with one attached hydrogen (secondary N) is 2. The Hall–Kier alpha value is -3.48. The number of hydrogen-bond acceptors (Lipinski definition) is 7. The van der Waals surface area contributed by atoms with Gasteiger partial charge in [-0.15, -0.1) is 5.10 Å². The molecule has 1 heterocycles. The molecule has 3 rings (SSSR count). The van der Waals surface area contributed by atoms with Crippen molar-refractivity contribution in [2.75, 3.05) is 10.6 Å². The van der Waals surface area contributed by atoms with Crippen LogP contribution in [0.3, 0.4) is 0 Å². The summed E-state index contributed by atoms with van der Waals surface area (Å²) in [6.45, 7) is 5.47. The van der Waals surface area contributed by atoms with Gasteiger partial charge in [-0.05, 0) is 45.0 Å². The average molecular weight is 363 g/mol. The van der Waals surface area contributed by atoms with Gasteiger partial charge >= 0.3 is 0 Å². The monoisotopic (exact) mass is 363 g/mol. The molecular weight excluding hydrogens is 342 g/mol. The number of hydrogen-bond donors (Lipinski definition) is 2. The fourth-order valence-electron chi connectivity index (χ4n) is 2.43. The fourth-order valence-corrected chi connectivity index (χ4v) is 2.43. The van der Waals surface area contributed by atoms with Crippen LogP contribution in [0.25, 0.3) is 0 Å². The van der Waals surface area contributed by atoms with Crippen molar-refractivity contribution in [1.29, 1.82) is 0 Å². The van der Waals surface area contributed by atoms with Gasteiger partial charge < -0.3 is 15.4 Å². The van der Waals surface area contributed by atoms with E-state index in [1.807, 2.05) is 44.2 Å². The van der Waals surface area contributed by atoms with Crippen molar-refractivity contribution < 1.29 is 9.53 Å². The van der Waals surface area contributed by atoms with E-state index in [9.17, 15) is 4.79 Å². The van der Waals surface area contributed by atoms with E-state index in [1.54, 1.807) is 18.2 Å². The molecule has 0 amide bonds. The second-order valence-corrected chi connectivity index (χ2v) is 6.21. The van der Waals surface area contributed by atoms with Gasteiger partial charge in [0, 0.05) is 11.3 Å². The molecule has 0 aliphatic heterocycles. The predicted molar refractivity (Wildman–Crippen MR) is 105 cm³/mol. The Morgan fingerprint density at radius 3 is 2.67 bits per heavy atom. The number of benzene rings is 2. The molecule has 2 aromatic carbocycles. The lowest BCUT2D eigenvalue weighted by Gasteiger charge is -2.15. The van der Waals surface area contributed by atoms with Gasteiger partial charge in [-0.3, -0.25) is 4.79 Å². The molecule has 0 spiro atoms. The van der Waals surface area contributed by atoms with Crippen molar-refractivity contribution in [3.63, 3.8) is 0 Å². The molecule has 0 aliphatic rings. The molecule has 0 fully saturated rings. The van der Waals surface area contributed by atoms with Crippen LogP contribution in [0.1, 0.15) is 31.1 Å². The Labute approximate surface area is 157 Å². The maximum Gasteiger partial charge on any atom is 0.249 e. The van der Waals surface area contributed by atoms with Crippen molar-refractivity contribution in [3.8, 4) is 5.75 Å². The van der Waals surface area contributed by atoms with E-state index in [0.717, 1.165) is 11.4 Å². The molecule has 0 bridgehead atoms. The van der Waals surface area contributed by atoms with Crippen molar-refractivity contribution >= 4 is 28.9 Å². The molecule has 0 atom stereocenters. The number of carbonyl (C=O) groups is 1. The number of ether oxygens (including phenoxy) is 1. The van der Waals surface area contributed by atoms with Gasteiger partial charge in [-0.25, -0.2) is 0 Å². The molecule has 0 unspecified atom stereocenters. The summed E-state index contributed by atoms with van der Waals surface area (Å²) in [6.07, 6.45) is 1.59. The first-order valence-electron chi connectivity index (χ1n) is 8.62. The average Bonchev–Trinajstić information content (AvgIpc) is 2.63. The Balaban J connectivity index is 1.79. The Morgan fingerprint density at radius 2 is 1.89 bits per heavy atom. The molecule has 3 aromatic rings. The van der Waals surface area contributed by atoms with Crippen LogP contribution in [-0.4, -0.2) is 27.1 Å². The number of nitrogens with zero attached hydrogens (tertiary/aromatic N) is 3. The minimum absolute atomic E-state index is 0.00475. The Morgan fingerprint density at radius 1 is 1.07 bits per heavy atom. The van der Waals surface area contributed by atoms with E-state index in [-0.39, 0.29) is 11.9 Å². The van der Waals surface area contributed by atoms with Crippen LogP contribution in [0.5, 0.6) is 5.75 Å². The van der Waals surface area contributed by atoms with Gasteiger partial charge in [0.05, 0.1) is 18.0 Å². The van der Waals surface area contributed by atoms with Crippen molar-refractivity contribution in [1.82, 2.24) is 15.2 Å². The first-order valence-corrected chi connectivity index (χ1v) is 8.62. The maximum absolute atomic E-state index is 11.5. The SMILES string of the molecule is CC(=O)c1cccc(Nc2nncc(Nc3ccccc3OC(C)C)n2)c1. The van der Waals surface area contributed by atoms with Gasteiger partial charge in [0.2, 0.25) is 5.95 Å². The van der Waals surface area contributed by atoms with Gasteiger partial charge in [0.25, 0.3) is 0 Å². The Kier molecular flexibility index (Phi) is 5.61. The smallest absolute Gasteiger partial charge is 0.249 e. The molecule has 138 valence electrons. The lowest BCUT2D eigenvalue weighted by atomic mass is 10.1. The van der Waals surface area contributed by atoms with Crippen LogP contribution < -0.4 is 15.4 Å². The molecule has 0 radical (unpaired) electrons. The number of anilines is 4. The quantitative estimate of drug-likeness (QED) is 0.603. The summed E-state index contributed by atoms with van der Waals surface area (Å²) in [4.78, 5) is 15.9. The van der Waals surface area contributed by atoms with Crippen LogP contribution in [0, 0.1) is 0 Å². The third-order valence-electron chi connectivity index (χ3n) is 3.60. The molecule has 27 heavy (non-hydrogen) atoms. The van der Waals surface area contributed by atoms with E-state index in [2.05, 4.69) is 25.8 Å². The fraction of sp³-hybridized carbons (Fsp3) is 0.200. The van der Waals surface area contributed by atoms with Crippen molar-refractivity contribution in [2.45, 2.75) is 26.9 Å². The third kappa shape index (κ3) is 5.01. The minimum atomic E-state index is -0.00475. The van der Waals surface area contributed by atoms with Crippen LogP contribution in [0.4, 0.5) is 23.1 Å². The molecule has 7 nitrogen and oxygen atoms in total. The second kappa shape index (κ2) is 8.27. The number of rotatable bonds is 7. The standard InChI is InChI=1S/C20H21N5O2/c1-13(2)27-18-10-5-4-9-17(18)23-19-12-21-25-20(24-19)22-16-8-6-7-15(11-16)14(3)26/h4-13H,1-3H3,(H2,22,23,24,25). The highest BCUT2D eigenvalue weighted by Gasteiger charge is 2.08. The topological polar surface area (TPSA) is 89.0 Å².